The summed E-state index contributed by atoms with van der Waals surface area (Å²) in [6, 6.07) is 6.02. The Balaban J connectivity index is 2.22. The molecule has 0 atom stereocenters. The Hall–Kier alpha value is -1.61. The van der Waals surface area contributed by atoms with Crippen molar-refractivity contribution in [2.45, 2.75) is 0 Å². The van der Waals surface area contributed by atoms with Gasteiger partial charge in [0.1, 0.15) is 11.9 Å². The van der Waals surface area contributed by atoms with Gasteiger partial charge in [-0.1, -0.05) is 0 Å². The van der Waals surface area contributed by atoms with E-state index in [0.29, 0.717) is 18.8 Å². The van der Waals surface area contributed by atoms with Crippen molar-refractivity contribution in [3.63, 3.8) is 0 Å². The lowest BCUT2D eigenvalue weighted by molar-refractivity contribution is 0.586. The van der Waals surface area contributed by atoms with Crippen molar-refractivity contribution in [3.8, 4) is 6.07 Å². The first kappa shape index (κ1) is 11.9. The minimum atomic E-state index is -2.93. The highest BCUT2D eigenvalue weighted by atomic mass is 32.2. The molecule has 0 aliphatic carbocycles. The van der Waals surface area contributed by atoms with Crippen molar-refractivity contribution in [3.05, 3.63) is 29.6 Å². The van der Waals surface area contributed by atoms with Gasteiger partial charge >= 0.3 is 0 Å². The average Bonchev–Trinajstić information content (AvgIpc) is 2.30. The van der Waals surface area contributed by atoms with E-state index >= 15 is 0 Å². The van der Waals surface area contributed by atoms with Gasteiger partial charge in [-0.15, -0.1) is 0 Å². The highest BCUT2D eigenvalue weighted by Crippen LogP contribution is 2.20. The van der Waals surface area contributed by atoms with E-state index in [1.165, 1.54) is 12.1 Å². The fraction of sp³-hybridized carbons (Fsp3) is 0.364. The lowest BCUT2D eigenvalue weighted by Gasteiger charge is -2.28. The van der Waals surface area contributed by atoms with Crippen LogP contribution in [0.3, 0.4) is 0 Å². The fourth-order valence-electron chi connectivity index (χ4n) is 1.77. The summed E-state index contributed by atoms with van der Waals surface area (Å²) in [6.45, 7) is 0.775. The summed E-state index contributed by atoms with van der Waals surface area (Å²) >= 11 is 0. The van der Waals surface area contributed by atoms with Crippen molar-refractivity contribution in [2.24, 2.45) is 0 Å². The Morgan fingerprint density at radius 1 is 1.29 bits per heavy atom. The van der Waals surface area contributed by atoms with Crippen LogP contribution in [0.5, 0.6) is 0 Å². The summed E-state index contributed by atoms with van der Waals surface area (Å²) in [5.41, 5.74) is 0.675. The molecule has 17 heavy (non-hydrogen) atoms. The third-order valence-corrected chi connectivity index (χ3v) is 4.39. The molecule has 1 heterocycles. The van der Waals surface area contributed by atoms with Gasteiger partial charge in [-0.25, -0.2) is 12.8 Å². The molecule has 0 N–H and O–H groups in total. The Kier molecular flexibility index (Phi) is 3.03. The molecular weight excluding hydrogens is 243 g/mol. The molecule has 0 unspecified atom stereocenters. The first-order chi connectivity index (χ1) is 8.02. The molecular formula is C11H11FN2O2S. The van der Waals surface area contributed by atoms with Crippen molar-refractivity contribution in [1.29, 1.82) is 5.26 Å². The smallest absolute Gasteiger partial charge is 0.153 e. The number of hydrogen-bond donors (Lipinski definition) is 0. The molecule has 4 nitrogen and oxygen atoms in total. The minimum Gasteiger partial charge on any atom is -0.369 e. The topological polar surface area (TPSA) is 61.2 Å². The van der Waals surface area contributed by atoms with Gasteiger partial charge in [0, 0.05) is 18.8 Å². The summed E-state index contributed by atoms with van der Waals surface area (Å²) in [5, 5.41) is 8.72. The maximum absolute atomic E-state index is 13.1. The zero-order chi connectivity index (χ0) is 12.5. The van der Waals surface area contributed by atoms with Crippen LogP contribution in [0.15, 0.2) is 18.2 Å². The Morgan fingerprint density at radius 2 is 1.94 bits per heavy atom. The number of halogens is 1. The number of nitriles is 1. The van der Waals surface area contributed by atoms with Crippen LogP contribution in [0.2, 0.25) is 0 Å². The molecule has 0 radical (unpaired) electrons. The van der Waals surface area contributed by atoms with Crippen molar-refractivity contribution in [1.82, 2.24) is 0 Å². The SMILES string of the molecule is N#Cc1cc(N2CCS(=O)(=O)CC2)ccc1F. The quantitative estimate of drug-likeness (QED) is 0.748. The van der Waals surface area contributed by atoms with Gasteiger partial charge in [-0.05, 0) is 18.2 Å². The Labute approximate surface area is 99.2 Å². The zero-order valence-electron chi connectivity index (χ0n) is 9.06. The van der Waals surface area contributed by atoms with Crippen molar-refractivity contribution < 1.29 is 12.8 Å². The second kappa shape index (κ2) is 4.34. The van der Waals surface area contributed by atoms with E-state index in [-0.39, 0.29) is 17.1 Å². The summed E-state index contributed by atoms with van der Waals surface area (Å²) < 4.78 is 35.7. The molecule has 1 aromatic rings. The molecule has 0 bridgehead atoms. The lowest BCUT2D eigenvalue weighted by atomic mass is 10.2. The van der Waals surface area contributed by atoms with E-state index in [1.807, 2.05) is 4.90 Å². The standard InChI is InChI=1S/C11H11FN2O2S/c12-11-2-1-10(7-9(11)8-13)14-3-5-17(15,16)6-4-14/h1-2,7H,3-6H2. The van der Waals surface area contributed by atoms with Gasteiger partial charge in [-0.3, -0.25) is 0 Å². The number of benzene rings is 1. The van der Waals surface area contributed by atoms with Crippen LogP contribution < -0.4 is 4.90 Å². The Morgan fingerprint density at radius 3 is 2.53 bits per heavy atom. The van der Waals surface area contributed by atoms with Crippen LogP contribution in [0.1, 0.15) is 5.56 Å². The number of hydrogen-bond acceptors (Lipinski definition) is 4. The van der Waals surface area contributed by atoms with Crippen molar-refractivity contribution >= 4 is 15.5 Å². The maximum Gasteiger partial charge on any atom is 0.153 e. The van der Waals surface area contributed by atoms with Crippen LogP contribution in [0.25, 0.3) is 0 Å². The second-order valence-corrected chi connectivity index (χ2v) is 6.22. The molecule has 1 fully saturated rings. The van der Waals surface area contributed by atoms with Gasteiger partial charge < -0.3 is 4.90 Å². The molecule has 1 aliphatic rings. The minimum absolute atomic E-state index is 0.0177. The molecule has 0 spiro atoms. The number of anilines is 1. The molecule has 0 aromatic heterocycles. The van der Waals surface area contributed by atoms with Crippen LogP contribution in [0, 0.1) is 17.1 Å². The zero-order valence-corrected chi connectivity index (χ0v) is 9.87. The number of sulfone groups is 1. The molecule has 1 aliphatic heterocycles. The lowest BCUT2D eigenvalue weighted by Crippen LogP contribution is -2.40. The highest BCUT2D eigenvalue weighted by molar-refractivity contribution is 7.91. The van der Waals surface area contributed by atoms with Crippen molar-refractivity contribution in [2.75, 3.05) is 29.5 Å². The van der Waals surface area contributed by atoms with Gasteiger partial charge in [0.25, 0.3) is 0 Å². The molecule has 1 aromatic carbocycles. The molecule has 2 rings (SSSR count). The fourth-order valence-corrected chi connectivity index (χ4v) is 2.97. The number of rotatable bonds is 1. The van der Waals surface area contributed by atoms with Crippen LogP contribution in [0.4, 0.5) is 10.1 Å². The molecule has 90 valence electrons. The summed E-state index contributed by atoms with van der Waals surface area (Å²) in [4.78, 5) is 1.85. The highest BCUT2D eigenvalue weighted by Gasteiger charge is 2.22. The van der Waals surface area contributed by atoms with E-state index < -0.39 is 15.7 Å². The van der Waals surface area contributed by atoms with E-state index in [4.69, 9.17) is 5.26 Å². The molecule has 0 amide bonds. The maximum atomic E-state index is 13.1. The summed E-state index contributed by atoms with van der Waals surface area (Å²) in [5.74, 6) is -0.348. The Bertz CT molecular complexity index is 564. The van der Waals surface area contributed by atoms with E-state index in [1.54, 1.807) is 12.1 Å². The third-order valence-electron chi connectivity index (χ3n) is 2.78. The largest absolute Gasteiger partial charge is 0.369 e. The molecule has 1 saturated heterocycles. The van der Waals surface area contributed by atoms with E-state index in [9.17, 15) is 12.8 Å². The second-order valence-electron chi connectivity index (χ2n) is 3.91. The normalized spacial score (nSPS) is 18.7. The van der Waals surface area contributed by atoms with Crippen LogP contribution >= 0.6 is 0 Å². The monoisotopic (exact) mass is 254 g/mol. The van der Waals surface area contributed by atoms with E-state index in [0.717, 1.165) is 0 Å². The molecule has 0 saturated carbocycles. The average molecular weight is 254 g/mol. The van der Waals surface area contributed by atoms with Crippen LogP contribution in [-0.2, 0) is 9.84 Å². The van der Waals surface area contributed by atoms with Gasteiger partial charge in [0.15, 0.2) is 9.84 Å². The summed E-state index contributed by atoms with van der Waals surface area (Å²) in [7, 11) is -2.93. The van der Waals surface area contributed by atoms with Gasteiger partial charge in [0.05, 0.1) is 17.1 Å². The molecule has 6 heteroatoms. The number of nitrogens with zero attached hydrogens (tertiary/aromatic N) is 2. The predicted molar refractivity (Wildman–Crippen MR) is 62.0 cm³/mol. The van der Waals surface area contributed by atoms with E-state index in [2.05, 4.69) is 0 Å². The summed E-state index contributed by atoms with van der Waals surface area (Å²) in [6.07, 6.45) is 0. The first-order valence-electron chi connectivity index (χ1n) is 5.17. The third kappa shape index (κ3) is 2.56. The van der Waals surface area contributed by atoms with Crippen LogP contribution in [-0.4, -0.2) is 33.0 Å². The first-order valence-corrected chi connectivity index (χ1v) is 6.99. The van der Waals surface area contributed by atoms with Gasteiger partial charge in [-0.2, -0.15) is 5.26 Å². The van der Waals surface area contributed by atoms with Gasteiger partial charge in [0.2, 0.25) is 0 Å². The predicted octanol–water partition coefficient (Wildman–Crippen LogP) is 0.932.